The molecule has 0 aliphatic heterocycles. The van der Waals surface area contributed by atoms with Crippen LogP contribution in [0.3, 0.4) is 0 Å². The number of rotatable bonds is 7. The zero-order valence-electron chi connectivity index (χ0n) is 10.2. The highest BCUT2D eigenvalue weighted by Crippen LogP contribution is 2.02. The minimum absolute atomic E-state index is 0.177. The number of halogens is 1. The Hall–Kier alpha value is -1.62. The Morgan fingerprint density at radius 3 is 2.67 bits per heavy atom. The van der Waals surface area contributed by atoms with E-state index in [1.54, 1.807) is 0 Å². The van der Waals surface area contributed by atoms with Crippen molar-refractivity contribution >= 4 is 6.03 Å². The van der Waals surface area contributed by atoms with Gasteiger partial charge in [-0.05, 0) is 12.0 Å². The van der Waals surface area contributed by atoms with Crippen LogP contribution in [-0.4, -0.2) is 37.0 Å². The summed E-state index contributed by atoms with van der Waals surface area (Å²) in [7, 11) is 0. The molecule has 0 spiro atoms. The van der Waals surface area contributed by atoms with Crippen LogP contribution in [-0.2, 0) is 6.42 Å². The van der Waals surface area contributed by atoms with Gasteiger partial charge in [0.05, 0.1) is 12.8 Å². The van der Waals surface area contributed by atoms with Crippen LogP contribution < -0.4 is 10.6 Å². The quantitative estimate of drug-likeness (QED) is 0.641. The smallest absolute Gasteiger partial charge is 0.314 e. The lowest BCUT2D eigenvalue weighted by Gasteiger charge is -2.12. The van der Waals surface area contributed by atoms with Crippen molar-refractivity contribution in [3.05, 3.63) is 35.9 Å². The number of alkyl halides is 1. The first-order valence-electron chi connectivity index (χ1n) is 6.02. The van der Waals surface area contributed by atoms with Gasteiger partial charge in [-0.3, -0.25) is 4.39 Å². The number of amides is 2. The minimum atomic E-state index is -0.626. The van der Waals surface area contributed by atoms with Gasteiger partial charge in [0.1, 0.15) is 0 Å². The molecule has 0 aliphatic carbocycles. The first kappa shape index (κ1) is 14.4. The van der Waals surface area contributed by atoms with Crippen molar-refractivity contribution in [2.75, 3.05) is 19.8 Å². The summed E-state index contributed by atoms with van der Waals surface area (Å²) in [5, 5.41) is 14.8. The normalized spacial score (nSPS) is 11.9. The lowest BCUT2D eigenvalue weighted by atomic mass is 10.1. The molecule has 0 heterocycles. The van der Waals surface area contributed by atoms with Crippen molar-refractivity contribution in [3.8, 4) is 0 Å². The Labute approximate surface area is 106 Å². The predicted octanol–water partition coefficient (Wildman–Crippen LogP) is 1.25. The van der Waals surface area contributed by atoms with Crippen LogP contribution in [0.1, 0.15) is 12.0 Å². The molecule has 1 aromatic rings. The first-order valence-corrected chi connectivity index (χ1v) is 6.02. The molecular weight excluding hydrogens is 235 g/mol. The summed E-state index contributed by atoms with van der Waals surface area (Å²) in [6, 6.07) is 9.18. The molecule has 1 aromatic carbocycles. The summed E-state index contributed by atoms with van der Waals surface area (Å²) in [4.78, 5) is 11.2. The van der Waals surface area contributed by atoms with E-state index in [1.165, 1.54) is 0 Å². The van der Waals surface area contributed by atoms with Crippen LogP contribution >= 0.6 is 0 Å². The topological polar surface area (TPSA) is 61.4 Å². The third-order valence-electron chi connectivity index (χ3n) is 2.41. The van der Waals surface area contributed by atoms with Crippen LogP contribution in [0.5, 0.6) is 0 Å². The Kier molecular flexibility index (Phi) is 6.79. The SMILES string of the molecule is O=C(NCCCF)NCC(O)Cc1ccccc1. The summed E-state index contributed by atoms with van der Waals surface area (Å²) in [6.45, 7) is 0.0321. The predicted molar refractivity (Wildman–Crippen MR) is 68.1 cm³/mol. The van der Waals surface area contributed by atoms with Crippen molar-refractivity contribution < 1.29 is 14.3 Å². The monoisotopic (exact) mass is 254 g/mol. The molecule has 1 unspecified atom stereocenters. The molecule has 0 saturated carbocycles. The largest absolute Gasteiger partial charge is 0.391 e. The van der Waals surface area contributed by atoms with E-state index in [-0.39, 0.29) is 12.6 Å². The van der Waals surface area contributed by atoms with E-state index >= 15 is 0 Å². The second-order valence-corrected chi connectivity index (χ2v) is 4.02. The van der Waals surface area contributed by atoms with Crippen molar-refractivity contribution in [1.82, 2.24) is 10.6 Å². The Balaban J connectivity index is 2.17. The molecule has 2 amide bonds. The molecule has 100 valence electrons. The Bertz CT molecular complexity index is 346. The van der Waals surface area contributed by atoms with Crippen LogP contribution in [0.25, 0.3) is 0 Å². The second-order valence-electron chi connectivity index (χ2n) is 4.02. The highest BCUT2D eigenvalue weighted by atomic mass is 19.1. The minimum Gasteiger partial charge on any atom is -0.391 e. The molecule has 0 bridgehead atoms. The Morgan fingerprint density at radius 2 is 2.00 bits per heavy atom. The second kappa shape index (κ2) is 8.47. The van der Waals surface area contributed by atoms with Crippen LogP contribution in [0.15, 0.2) is 30.3 Å². The molecule has 4 nitrogen and oxygen atoms in total. The number of nitrogens with one attached hydrogen (secondary N) is 2. The summed E-state index contributed by atoms with van der Waals surface area (Å²) in [6.07, 6.45) is 0.172. The Morgan fingerprint density at radius 1 is 1.28 bits per heavy atom. The molecule has 0 saturated heterocycles. The van der Waals surface area contributed by atoms with Crippen molar-refractivity contribution in [2.24, 2.45) is 0 Å². The number of aliphatic hydroxyl groups excluding tert-OH is 1. The fraction of sp³-hybridized carbons (Fsp3) is 0.462. The average molecular weight is 254 g/mol. The molecular formula is C13H19FN2O2. The van der Waals surface area contributed by atoms with Crippen LogP contribution in [0.4, 0.5) is 9.18 Å². The molecule has 3 N–H and O–H groups in total. The molecule has 18 heavy (non-hydrogen) atoms. The molecule has 1 rings (SSSR count). The van der Waals surface area contributed by atoms with Gasteiger partial charge in [-0.2, -0.15) is 0 Å². The van der Waals surface area contributed by atoms with Gasteiger partial charge >= 0.3 is 6.03 Å². The number of carbonyl (C=O) groups excluding carboxylic acids is 1. The van der Waals surface area contributed by atoms with Gasteiger partial charge in [0.25, 0.3) is 0 Å². The van der Waals surface area contributed by atoms with E-state index in [9.17, 15) is 14.3 Å². The average Bonchev–Trinajstić information content (AvgIpc) is 2.38. The fourth-order valence-corrected chi connectivity index (χ4v) is 1.50. The highest BCUT2D eigenvalue weighted by molar-refractivity contribution is 5.73. The van der Waals surface area contributed by atoms with Gasteiger partial charge in [-0.1, -0.05) is 30.3 Å². The maximum Gasteiger partial charge on any atom is 0.314 e. The summed E-state index contributed by atoms with van der Waals surface area (Å²) < 4.78 is 11.8. The van der Waals surface area contributed by atoms with Gasteiger partial charge in [-0.25, -0.2) is 4.79 Å². The molecule has 0 fully saturated rings. The van der Waals surface area contributed by atoms with Crippen molar-refractivity contribution in [3.63, 3.8) is 0 Å². The highest BCUT2D eigenvalue weighted by Gasteiger charge is 2.07. The van der Waals surface area contributed by atoms with Gasteiger partial charge in [0.15, 0.2) is 0 Å². The lowest BCUT2D eigenvalue weighted by molar-refractivity contribution is 0.170. The van der Waals surface area contributed by atoms with Crippen LogP contribution in [0.2, 0.25) is 0 Å². The number of benzene rings is 1. The van der Waals surface area contributed by atoms with Crippen molar-refractivity contribution in [1.29, 1.82) is 0 Å². The van der Waals surface area contributed by atoms with Gasteiger partial charge in [-0.15, -0.1) is 0 Å². The van der Waals surface area contributed by atoms with E-state index in [0.717, 1.165) is 5.56 Å². The molecule has 5 heteroatoms. The van der Waals surface area contributed by atoms with Crippen molar-refractivity contribution in [2.45, 2.75) is 18.9 Å². The molecule has 0 radical (unpaired) electrons. The zero-order chi connectivity index (χ0) is 13.2. The van der Waals surface area contributed by atoms with Crippen LogP contribution in [0, 0.1) is 0 Å². The van der Waals surface area contributed by atoms with E-state index in [1.807, 2.05) is 30.3 Å². The third-order valence-corrected chi connectivity index (χ3v) is 2.41. The van der Waals surface area contributed by atoms with Gasteiger partial charge in [0.2, 0.25) is 0 Å². The summed E-state index contributed by atoms with van der Waals surface area (Å²) >= 11 is 0. The maximum absolute atomic E-state index is 11.8. The zero-order valence-corrected chi connectivity index (χ0v) is 10.2. The summed E-state index contributed by atoms with van der Waals surface area (Å²) in [5.74, 6) is 0. The number of urea groups is 1. The van der Waals surface area contributed by atoms with E-state index < -0.39 is 12.8 Å². The van der Waals surface area contributed by atoms with Gasteiger partial charge < -0.3 is 15.7 Å². The third kappa shape index (κ3) is 6.20. The molecule has 0 aliphatic rings. The number of hydrogen-bond acceptors (Lipinski definition) is 2. The summed E-state index contributed by atoms with van der Waals surface area (Å²) in [5.41, 5.74) is 1.02. The van der Waals surface area contributed by atoms with Gasteiger partial charge in [0, 0.05) is 19.5 Å². The molecule has 0 aromatic heterocycles. The maximum atomic E-state index is 11.8. The lowest BCUT2D eigenvalue weighted by Crippen LogP contribution is -2.40. The standard InChI is InChI=1S/C13H19FN2O2/c14-7-4-8-15-13(18)16-10-12(17)9-11-5-2-1-3-6-11/h1-3,5-6,12,17H,4,7-10H2,(H2,15,16,18). The van der Waals surface area contributed by atoms with E-state index in [0.29, 0.717) is 19.4 Å². The number of hydrogen-bond donors (Lipinski definition) is 3. The van der Waals surface area contributed by atoms with E-state index in [2.05, 4.69) is 10.6 Å². The fourth-order valence-electron chi connectivity index (χ4n) is 1.50. The molecule has 1 atom stereocenters. The van der Waals surface area contributed by atoms with E-state index in [4.69, 9.17) is 0 Å². The first-order chi connectivity index (χ1) is 8.72. The number of carbonyl (C=O) groups is 1. The number of aliphatic hydroxyl groups is 1.